The minimum Gasteiger partial charge on any atom is -0.462 e. The molecule has 0 aliphatic rings. The Morgan fingerprint density at radius 1 is 0.333 bits per heavy atom. The largest absolute Gasteiger partial charge is 0.462 e. The van der Waals surface area contributed by atoms with E-state index in [0.717, 1.165) is 103 Å². The van der Waals surface area contributed by atoms with Gasteiger partial charge in [-0.1, -0.05) is 210 Å². The summed E-state index contributed by atoms with van der Waals surface area (Å²) in [7, 11) is 0. The van der Waals surface area contributed by atoms with Crippen molar-refractivity contribution in [2.75, 3.05) is 13.2 Å². The standard InChI is InChI=1S/C57H100O6/c1-4-7-10-13-16-19-22-24-26-27-28-29-31-33-36-39-42-45-48-51-57(60)63-54(52-61-55(58)49-46-43-40-37-34-21-18-15-12-9-6-3)53-62-56(59)50-47-44-41-38-35-32-30-25-23-20-17-14-11-8-5-2/h8,11,15,17-18,20,24-26,30,54H,4-7,9-10,12-14,16,19,21-23,27-29,31-53H2,1-3H3/b11-8-,18-15-,20-17-,26-24-,30-25-/t54-/m0/s1. The zero-order valence-electron chi connectivity index (χ0n) is 41.6. The zero-order valence-corrected chi connectivity index (χ0v) is 41.6. The Bertz CT molecular complexity index is 1150. The second-order valence-electron chi connectivity index (χ2n) is 17.7. The van der Waals surface area contributed by atoms with Crippen LogP contribution >= 0.6 is 0 Å². The fourth-order valence-electron chi connectivity index (χ4n) is 7.43. The summed E-state index contributed by atoms with van der Waals surface area (Å²) in [6.45, 7) is 6.47. The zero-order chi connectivity index (χ0) is 45.8. The molecule has 0 rings (SSSR count). The van der Waals surface area contributed by atoms with Gasteiger partial charge in [0, 0.05) is 19.3 Å². The Hall–Kier alpha value is -2.89. The van der Waals surface area contributed by atoms with Crippen molar-refractivity contribution < 1.29 is 28.6 Å². The summed E-state index contributed by atoms with van der Waals surface area (Å²) in [5.74, 6) is -0.908. The molecule has 0 saturated carbocycles. The average Bonchev–Trinajstić information content (AvgIpc) is 3.28. The first kappa shape index (κ1) is 60.1. The molecule has 0 N–H and O–H groups in total. The average molecular weight is 881 g/mol. The number of allylic oxidation sites excluding steroid dienone is 10. The number of carbonyl (C=O) groups is 3. The molecule has 0 spiro atoms. The molecule has 0 heterocycles. The molecule has 1 atom stereocenters. The minimum absolute atomic E-state index is 0.0846. The van der Waals surface area contributed by atoms with Crippen LogP contribution in [0, 0.1) is 0 Å². The van der Waals surface area contributed by atoms with Crippen molar-refractivity contribution in [3.8, 4) is 0 Å². The Balaban J connectivity index is 4.36. The van der Waals surface area contributed by atoms with Gasteiger partial charge in [-0.2, -0.15) is 0 Å². The van der Waals surface area contributed by atoms with Crippen LogP contribution in [-0.2, 0) is 28.6 Å². The van der Waals surface area contributed by atoms with Gasteiger partial charge in [-0.15, -0.1) is 0 Å². The van der Waals surface area contributed by atoms with Crippen molar-refractivity contribution in [1.82, 2.24) is 0 Å². The van der Waals surface area contributed by atoms with Gasteiger partial charge in [-0.25, -0.2) is 0 Å². The molecule has 6 nitrogen and oxygen atoms in total. The number of carbonyl (C=O) groups excluding carboxylic acids is 3. The molecule has 0 aliphatic carbocycles. The third-order valence-electron chi connectivity index (χ3n) is 11.5. The van der Waals surface area contributed by atoms with Crippen molar-refractivity contribution >= 4 is 17.9 Å². The summed E-state index contributed by atoms with van der Waals surface area (Å²) in [5, 5.41) is 0. The van der Waals surface area contributed by atoms with Gasteiger partial charge in [0.2, 0.25) is 0 Å². The van der Waals surface area contributed by atoms with Crippen LogP contribution in [0.2, 0.25) is 0 Å². The van der Waals surface area contributed by atoms with E-state index in [9.17, 15) is 14.4 Å². The van der Waals surface area contributed by atoms with Gasteiger partial charge in [0.05, 0.1) is 0 Å². The second kappa shape index (κ2) is 51.7. The van der Waals surface area contributed by atoms with Crippen LogP contribution in [0.3, 0.4) is 0 Å². The van der Waals surface area contributed by atoms with Crippen LogP contribution in [0.25, 0.3) is 0 Å². The van der Waals surface area contributed by atoms with E-state index in [1.54, 1.807) is 0 Å². The van der Waals surface area contributed by atoms with Gasteiger partial charge in [0.1, 0.15) is 13.2 Å². The molecule has 364 valence electrons. The van der Waals surface area contributed by atoms with Gasteiger partial charge in [0.15, 0.2) is 6.10 Å². The van der Waals surface area contributed by atoms with Crippen molar-refractivity contribution in [2.24, 2.45) is 0 Å². The molecule has 0 aliphatic heterocycles. The summed E-state index contributed by atoms with van der Waals surface area (Å²) in [5.41, 5.74) is 0. The first-order valence-electron chi connectivity index (χ1n) is 26.8. The highest BCUT2D eigenvalue weighted by Crippen LogP contribution is 2.15. The van der Waals surface area contributed by atoms with Gasteiger partial charge in [-0.3, -0.25) is 14.4 Å². The molecule has 0 aromatic rings. The lowest BCUT2D eigenvalue weighted by atomic mass is 10.1. The SMILES string of the molecule is CC/C=C\C/C=C\C/C=C\CCCCCCCC(=O)OC[C@H](COC(=O)CCCCCCC/C=C\CCCC)OC(=O)CCCCCCCCCCC/C=C\CCCCCCCC. The predicted octanol–water partition coefficient (Wildman–Crippen LogP) is 17.6. The van der Waals surface area contributed by atoms with E-state index in [1.165, 1.54) is 122 Å². The predicted molar refractivity (Wildman–Crippen MR) is 270 cm³/mol. The Morgan fingerprint density at radius 3 is 1.03 bits per heavy atom. The molecule has 0 unspecified atom stereocenters. The van der Waals surface area contributed by atoms with Crippen molar-refractivity contribution in [1.29, 1.82) is 0 Å². The van der Waals surface area contributed by atoms with Gasteiger partial charge in [-0.05, 0) is 96.3 Å². The quantitative estimate of drug-likeness (QED) is 0.0262. The molecular weight excluding hydrogens is 781 g/mol. The molecule has 0 fully saturated rings. The Labute approximate surface area is 390 Å². The number of esters is 3. The van der Waals surface area contributed by atoms with E-state index in [0.29, 0.717) is 19.3 Å². The van der Waals surface area contributed by atoms with E-state index in [1.807, 2.05) is 0 Å². The van der Waals surface area contributed by atoms with Crippen molar-refractivity contribution in [3.05, 3.63) is 60.8 Å². The molecular formula is C57H100O6. The Morgan fingerprint density at radius 2 is 0.635 bits per heavy atom. The lowest BCUT2D eigenvalue weighted by Gasteiger charge is -2.18. The monoisotopic (exact) mass is 881 g/mol. The number of ether oxygens (including phenoxy) is 3. The summed E-state index contributed by atoms with van der Waals surface area (Å²) >= 11 is 0. The lowest BCUT2D eigenvalue weighted by Crippen LogP contribution is -2.30. The number of rotatable bonds is 48. The van der Waals surface area contributed by atoms with Gasteiger partial charge in [0.25, 0.3) is 0 Å². The normalized spacial score (nSPS) is 12.5. The maximum Gasteiger partial charge on any atom is 0.306 e. The molecule has 0 saturated heterocycles. The van der Waals surface area contributed by atoms with Crippen LogP contribution in [0.5, 0.6) is 0 Å². The summed E-state index contributed by atoms with van der Waals surface area (Å²) in [4.78, 5) is 38.0. The van der Waals surface area contributed by atoms with Crippen LogP contribution in [0.4, 0.5) is 0 Å². The summed E-state index contributed by atoms with van der Waals surface area (Å²) < 4.78 is 16.8. The van der Waals surface area contributed by atoms with E-state index in [4.69, 9.17) is 14.2 Å². The molecule has 0 radical (unpaired) electrons. The third kappa shape index (κ3) is 50.0. The second-order valence-corrected chi connectivity index (χ2v) is 17.7. The van der Waals surface area contributed by atoms with Crippen LogP contribution in [0.15, 0.2) is 60.8 Å². The topological polar surface area (TPSA) is 78.9 Å². The fraction of sp³-hybridized carbons (Fsp3) is 0.772. The molecule has 0 amide bonds. The van der Waals surface area contributed by atoms with E-state index in [-0.39, 0.29) is 31.1 Å². The van der Waals surface area contributed by atoms with Gasteiger partial charge < -0.3 is 14.2 Å². The summed E-state index contributed by atoms with van der Waals surface area (Å²) in [6, 6.07) is 0. The first-order valence-corrected chi connectivity index (χ1v) is 26.8. The van der Waals surface area contributed by atoms with E-state index in [2.05, 4.69) is 81.5 Å². The van der Waals surface area contributed by atoms with E-state index >= 15 is 0 Å². The van der Waals surface area contributed by atoms with Crippen LogP contribution in [-0.4, -0.2) is 37.2 Å². The maximum absolute atomic E-state index is 12.8. The summed E-state index contributed by atoms with van der Waals surface area (Å²) in [6.07, 6.45) is 63.5. The number of hydrogen-bond acceptors (Lipinski definition) is 6. The van der Waals surface area contributed by atoms with Crippen LogP contribution < -0.4 is 0 Å². The fourth-order valence-corrected chi connectivity index (χ4v) is 7.43. The lowest BCUT2D eigenvalue weighted by molar-refractivity contribution is -0.167. The number of unbranched alkanes of at least 4 members (excludes halogenated alkanes) is 27. The van der Waals surface area contributed by atoms with Gasteiger partial charge >= 0.3 is 17.9 Å². The Kier molecular flexibility index (Phi) is 49.4. The molecule has 0 aromatic heterocycles. The smallest absolute Gasteiger partial charge is 0.306 e. The minimum atomic E-state index is -0.784. The third-order valence-corrected chi connectivity index (χ3v) is 11.5. The first-order chi connectivity index (χ1) is 31.0. The number of hydrogen-bond donors (Lipinski definition) is 0. The maximum atomic E-state index is 12.8. The van der Waals surface area contributed by atoms with Crippen molar-refractivity contribution in [3.63, 3.8) is 0 Å². The highest BCUT2D eigenvalue weighted by Gasteiger charge is 2.19. The molecule has 6 heteroatoms. The molecule has 63 heavy (non-hydrogen) atoms. The molecule has 0 aromatic carbocycles. The highest BCUT2D eigenvalue weighted by atomic mass is 16.6. The van der Waals surface area contributed by atoms with E-state index < -0.39 is 6.10 Å². The van der Waals surface area contributed by atoms with Crippen LogP contribution in [0.1, 0.15) is 265 Å². The van der Waals surface area contributed by atoms with Crippen molar-refractivity contribution in [2.45, 2.75) is 271 Å². The highest BCUT2D eigenvalue weighted by molar-refractivity contribution is 5.71. The molecule has 0 bridgehead atoms.